The van der Waals surface area contributed by atoms with Crippen molar-refractivity contribution in [3.05, 3.63) is 35.4 Å². The first-order chi connectivity index (χ1) is 12.2. The first-order valence-corrected chi connectivity index (χ1v) is 9.48. The van der Waals surface area contributed by atoms with Crippen molar-refractivity contribution in [1.29, 1.82) is 0 Å². The van der Waals surface area contributed by atoms with Crippen LogP contribution in [0.15, 0.2) is 29.3 Å². The Bertz CT molecular complexity index is 617. The van der Waals surface area contributed by atoms with Gasteiger partial charge in [-0.2, -0.15) is 0 Å². The zero-order valence-corrected chi connectivity index (χ0v) is 15.5. The van der Waals surface area contributed by atoms with Gasteiger partial charge in [0.15, 0.2) is 5.96 Å². The summed E-state index contributed by atoms with van der Waals surface area (Å²) in [4.78, 5) is 18.7. The number of amides is 1. The molecule has 5 heteroatoms. The van der Waals surface area contributed by atoms with Crippen molar-refractivity contribution in [2.45, 2.75) is 45.6 Å². The highest BCUT2D eigenvalue weighted by atomic mass is 16.1. The predicted molar refractivity (Wildman–Crippen MR) is 102 cm³/mol. The van der Waals surface area contributed by atoms with Crippen LogP contribution in [0, 0.1) is 5.41 Å². The summed E-state index contributed by atoms with van der Waals surface area (Å²) in [6.45, 7) is 5.55. The topological polar surface area (TPSA) is 56.7 Å². The maximum absolute atomic E-state index is 11.8. The van der Waals surface area contributed by atoms with Crippen LogP contribution in [0.2, 0.25) is 0 Å². The monoisotopic (exact) mass is 342 g/mol. The van der Waals surface area contributed by atoms with Crippen LogP contribution < -0.4 is 10.6 Å². The van der Waals surface area contributed by atoms with Gasteiger partial charge in [-0.25, -0.2) is 0 Å². The molecule has 25 heavy (non-hydrogen) atoms. The first kappa shape index (κ1) is 17.8. The van der Waals surface area contributed by atoms with Crippen molar-refractivity contribution < 1.29 is 4.79 Å². The molecule has 0 aromatic heterocycles. The van der Waals surface area contributed by atoms with Gasteiger partial charge in [0.25, 0.3) is 5.91 Å². The van der Waals surface area contributed by atoms with Gasteiger partial charge in [-0.05, 0) is 49.3 Å². The fourth-order valence-corrected chi connectivity index (χ4v) is 4.20. The fraction of sp³-hybridized carbons (Fsp3) is 0.600. The molecule has 1 saturated heterocycles. The molecule has 0 atom stereocenters. The lowest BCUT2D eigenvalue weighted by atomic mass is 9.86. The van der Waals surface area contributed by atoms with Crippen LogP contribution in [0.5, 0.6) is 0 Å². The van der Waals surface area contributed by atoms with E-state index in [4.69, 9.17) is 0 Å². The second-order valence-corrected chi connectivity index (χ2v) is 7.34. The van der Waals surface area contributed by atoms with Crippen LogP contribution in [0.4, 0.5) is 0 Å². The molecule has 2 aliphatic rings. The summed E-state index contributed by atoms with van der Waals surface area (Å²) in [6, 6.07) is 7.78. The van der Waals surface area contributed by atoms with Gasteiger partial charge >= 0.3 is 0 Å². The number of carbonyl (C=O) groups is 1. The van der Waals surface area contributed by atoms with Crippen molar-refractivity contribution in [2.75, 3.05) is 26.7 Å². The summed E-state index contributed by atoms with van der Waals surface area (Å²) in [6.07, 6.45) is 6.83. The Labute approximate surface area is 150 Å². The van der Waals surface area contributed by atoms with Crippen LogP contribution in [0.3, 0.4) is 0 Å². The van der Waals surface area contributed by atoms with Crippen molar-refractivity contribution in [3.63, 3.8) is 0 Å². The molecular formula is C20H30N4O. The van der Waals surface area contributed by atoms with E-state index < -0.39 is 0 Å². The molecule has 136 valence electrons. The Balaban J connectivity index is 1.54. The summed E-state index contributed by atoms with van der Waals surface area (Å²) in [5.41, 5.74) is 2.41. The molecule has 1 heterocycles. The maximum Gasteiger partial charge on any atom is 0.251 e. The second kappa shape index (κ2) is 7.89. The van der Waals surface area contributed by atoms with Crippen LogP contribution in [0.25, 0.3) is 0 Å². The fourth-order valence-electron chi connectivity index (χ4n) is 4.20. The van der Waals surface area contributed by atoms with Crippen molar-refractivity contribution in [2.24, 2.45) is 10.4 Å². The Morgan fingerprint density at radius 2 is 1.88 bits per heavy atom. The van der Waals surface area contributed by atoms with Gasteiger partial charge in [0, 0.05) is 38.8 Å². The van der Waals surface area contributed by atoms with Gasteiger partial charge in [-0.3, -0.25) is 9.79 Å². The molecular weight excluding hydrogens is 312 g/mol. The second-order valence-electron chi connectivity index (χ2n) is 7.34. The van der Waals surface area contributed by atoms with E-state index in [-0.39, 0.29) is 5.91 Å². The normalized spacial score (nSPS) is 19.4. The quantitative estimate of drug-likeness (QED) is 0.653. The van der Waals surface area contributed by atoms with Crippen LogP contribution in [-0.2, 0) is 6.54 Å². The van der Waals surface area contributed by atoms with E-state index in [0.717, 1.165) is 31.2 Å². The molecule has 0 unspecified atom stereocenters. The standard InChI is InChI=1S/C20H30N4O/c1-3-22-18(25)17-8-6-16(7-9-17)14-23-19(21-2)24-13-12-20(15-24)10-4-5-11-20/h6-9H,3-5,10-15H2,1-2H3,(H,21,23)(H,22,25). The van der Waals surface area contributed by atoms with Crippen LogP contribution in [-0.4, -0.2) is 43.4 Å². The Kier molecular flexibility index (Phi) is 5.61. The van der Waals surface area contributed by atoms with Gasteiger partial charge in [-0.1, -0.05) is 25.0 Å². The summed E-state index contributed by atoms with van der Waals surface area (Å²) in [7, 11) is 1.86. The average molecular weight is 342 g/mol. The smallest absolute Gasteiger partial charge is 0.251 e. The number of guanidine groups is 1. The zero-order chi connectivity index (χ0) is 17.7. The molecule has 0 bridgehead atoms. The van der Waals surface area contributed by atoms with E-state index in [1.807, 2.05) is 38.2 Å². The van der Waals surface area contributed by atoms with E-state index >= 15 is 0 Å². The van der Waals surface area contributed by atoms with Crippen molar-refractivity contribution in [3.8, 4) is 0 Å². The van der Waals surface area contributed by atoms with Gasteiger partial charge < -0.3 is 15.5 Å². The Morgan fingerprint density at radius 1 is 1.16 bits per heavy atom. The number of nitrogens with zero attached hydrogens (tertiary/aromatic N) is 2. The minimum atomic E-state index is -0.0169. The van der Waals surface area contributed by atoms with Gasteiger partial charge in [0.05, 0.1) is 0 Å². The molecule has 3 rings (SSSR count). The Morgan fingerprint density at radius 3 is 2.52 bits per heavy atom. The van der Waals surface area contributed by atoms with Crippen molar-refractivity contribution >= 4 is 11.9 Å². The Hall–Kier alpha value is -2.04. The number of hydrogen-bond acceptors (Lipinski definition) is 2. The lowest BCUT2D eigenvalue weighted by Crippen LogP contribution is -2.40. The third kappa shape index (κ3) is 4.14. The number of carbonyl (C=O) groups excluding carboxylic acids is 1. The van der Waals surface area contributed by atoms with E-state index in [2.05, 4.69) is 20.5 Å². The summed E-state index contributed by atoms with van der Waals surface area (Å²) in [5, 5.41) is 6.30. The largest absolute Gasteiger partial charge is 0.352 e. The lowest BCUT2D eigenvalue weighted by Gasteiger charge is -2.26. The minimum Gasteiger partial charge on any atom is -0.352 e. The summed E-state index contributed by atoms with van der Waals surface area (Å²) < 4.78 is 0. The highest BCUT2D eigenvalue weighted by Gasteiger charge is 2.40. The SMILES string of the molecule is CCNC(=O)c1ccc(CNC(=NC)N2CCC3(CCCC3)C2)cc1. The molecule has 2 fully saturated rings. The highest BCUT2D eigenvalue weighted by molar-refractivity contribution is 5.94. The molecule has 1 spiro atoms. The summed E-state index contributed by atoms with van der Waals surface area (Å²) in [5.74, 6) is 0.980. The molecule has 2 N–H and O–H groups in total. The van der Waals surface area contributed by atoms with Crippen molar-refractivity contribution in [1.82, 2.24) is 15.5 Å². The predicted octanol–water partition coefficient (Wildman–Crippen LogP) is 2.78. The van der Waals surface area contributed by atoms with E-state index in [0.29, 0.717) is 17.5 Å². The molecule has 0 radical (unpaired) electrons. The number of likely N-dealkylation sites (tertiary alicyclic amines) is 1. The maximum atomic E-state index is 11.8. The van der Waals surface area contributed by atoms with Gasteiger partial charge in [0.2, 0.25) is 0 Å². The molecule has 1 aliphatic heterocycles. The highest BCUT2D eigenvalue weighted by Crippen LogP contribution is 2.45. The van der Waals surface area contributed by atoms with E-state index in [1.54, 1.807) is 0 Å². The van der Waals surface area contributed by atoms with Gasteiger partial charge in [-0.15, -0.1) is 0 Å². The number of hydrogen-bond donors (Lipinski definition) is 2. The number of aliphatic imine (C=N–C) groups is 1. The average Bonchev–Trinajstić information content (AvgIpc) is 3.26. The molecule has 1 saturated carbocycles. The zero-order valence-electron chi connectivity index (χ0n) is 15.5. The molecule has 1 amide bonds. The number of rotatable bonds is 4. The number of nitrogens with one attached hydrogen (secondary N) is 2. The lowest BCUT2D eigenvalue weighted by molar-refractivity contribution is 0.0956. The third-order valence-corrected chi connectivity index (χ3v) is 5.62. The number of benzene rings is 1. The summed E-state index contributed by atoms with van der Waals surface area (Å²) >= 11 is 0. The molecule has 1 aromatic rings. The van der Waals surface area contributed by atoms with E-state index in [9.17, 15) is 4.79 Å². The molecule has 1 aromatic carbocycles. The van der Waals surface area contributed by atoms with Gasteiger partial charge in [0.1, 0.15) is 0 Å². The molecule has 1 aliphatic carbocycles. The van der Waals surface area contributed by atoms with E-state index in [1.165, 1.54) is 32.1 Å². The minimum absolute atomic E-state index is 0.0169. The van der Waals surface area contributed by atoms with Crippen LogP contribution in [0.1, 0.15) is 54.9 Å². The third-order valence-electron chi connectivity index (χ3n) is 5.62. The first-order valence-electron chi connectivity index (χ1n) is 9.48. The van der Waals surface area contributed by atoms with Crippen LogP contribution >= 0.6 is 0 Å². The molecule has 5 nitrogen and oxygen atoms in total.